The summed E-state index contributed by atoms with van der Waals surface area (Å²) >= 11 is 0. The number of benzene rings is 4. The lowest BCUT2D eigenvalue weighted by molar-refractivity contribution is -0.148. The molecule has 9 nitrogen and oxygen atoms in total. The molecule has 1 N–H and O–H groups in total. The summed E-state index contributed by atoms with van der Waals surface area (Å²) < 4.78 is 160. The van der Waals surface area contributed by atoms with Gasteiger partial charge in [-0.3, -0.25) is 13.6 Å². The molecular formula is C34H25F8O9P. The van der Waals surface area contributed by atoms with Gasteiger partial charge in [0.25, 0.3) is 0 Å². The van der Waals surface area contributed by atoms with Crippen molar-refractivity contribution in [1.82, 2.24) is 0 Å². The molecule has 18 heteroatoms. The van der Waals surface area contributed by atoms with Crippen LogP contribution in [0.4, 0.5) is 35.1 Å². The zero-order valence-electron chi connectivity index (χ0n) is 26.3. The number of ether oxygens (including phenoxy) is 3. The minimum atomic E-state index is -4.81. The molecule has 0 amide bonds. The van der Waals surface area contributed by atoms with E-state index in [-0.39, 0.29) is 25.3 Å². The third-order valence-electron chi connectivity index (χ3n) is 7.29. The molecule has 0 spiro atoms. The first-order chi connectivity index (χ1) is 24.8. The SMILES string of the molecule is O=C1O[C@H]([C@H](CO)OP(=O)(OCc2ccccc2)OCc2ccccc2)C(OCc2c(F)c(F)cc(F)c2F)=C1OCc1c(F)c(F)cc(F)c1F. The Bertz CT molecular complexity index is 1900. The van der Waals surface area contributed by atoms with E-state index in [0.29, 0.717) is 11.1 Å². The van der Waals surface area contributed by atoms with E-state index in [0.717, 1.165) is 0 Å². The number of rotatable bonds is 16. The molecule has 0 fully saturated rings. The fraction of sp³-hybridized carbons (Fsp3) is 0.206. The standard InChI is InChI=1S/C34H25F8O9P/c35-22-11-23(36)28(40)20(27(22)39)16-46-32-31(50-34(44)33(32)47-17-21-29(41)24(37)12-25(38)30(21)42)26(13-43)51-52(45,48-14-18-7-3-1-4-8-18)49-15-19-9-5-2-6-10-19/h1-12,26,31,43H,13-17H2/t26-,31+/m0/s1. The van der Waals surface area contributed by atoms with Gasteiger partial charge in [0.2, 0.25) is 5.76 Å². The second-order valence-electron chi connectivity index (χ2n) is 10.8. The van der Waals surface area contributed by atoms with E-state index in [1.807, 2.05) is 0 Å². The molecule has 0 bridgehead atoms. The molecule has 1 aliphatic heterocycles. The monoisotopic (exact) mass is 760 g/mol. The molecule has 5 rings (SSSR count). The Morgan fingerprint density at radius 1 is 0.654 bits per heavy atom. The molecule has 276 valence electrons. The predicted octanol–water partition coefficient (Wildman–Crippen LogP) is 7.59. The predicted molar refractivity (Wildman–Crippen MR) is 161 cm³/mol. The van der Waals surface area contributed by atoms with E-state index in [2.05, 4.69) is 0 Å². The van der Waals surface area contributed by atoms with Crippen molar-refractivity contribution >= 4 is 13.8 Å². The average molecular weight is 761 g/mol. The van der Waals surface area contributed by atoms with Crippen molar-refractivity contribution in [2.45, 2.75) is 38.6 Å². The molecule has 0 radical (unpaired) electrons. The minimum absolute atomic E-state index is 0.0910. The van der Waals surface area contributed by atoms with Crippen molar-refractivity contribution in [2.75, 3.05) is 6.61 Å². The number of esters is 1. The van der Waals surface area contributed by atoms with Gasteiger partial charge < -0.3 is 19.3 Å². The first kappa shape index (κ1) is 38.4. The maximum atomic E-state index is 14.5. The quantitative estimate of drug-likeness (QED) is 0.0535. The summed E-state index contributed by atoms with van der Waals surface area (Å²) in [7, 11) is -4.81. The highest BCUT2D eigenvalue weighted by Gasteiger charge is 2.47. The fourth-order valence-electron chi connectivity index (χ4n) is 4.67. The van der Waals surface area contributed by atoms with Crippen LogP contribution in [0.15, 0.2) is 84.3 Å². The number of hydrogen-bond acceptors (Lipinski definition) is 9. The molecule has 0 saturated carbocycles. The van der Waals surface area contributed by atoms with Gasteiger partial charge in [-0.1, -0.05) is 60.7 Å². The zero-order chi connectivity index (χ0) is 37.6. The van der Waals surface area contributed by atoms with Gasteiger partial charge in [-0.15, -0.1) is 0 Å². The number of aliphatic hydroxyl groups excluding tert-OH is 1. The summed E-state index contributed by atoms with van der Waals surface area (Å²) in [4.78, 5) is 13.0. The molecule has 1 aliphatic rings. The number of phosphoric ester groups is 1. The van der Waals surface area contributed by atoms with E-state index < -0.39 is 115 Å². The van der Waals surface area contributed by atoms with E-state index in [1.54, 1.807) is 60.7 Å². The molecule has 0 aromatic heterocycles. The maximum Gasteiger partial charge on any atom is 0.475 e. The Kier molecular flexibility index (Phi) is 12.3. The molecule has 1 heterocycles. The Balaban J connectivity index is 1.49. The molecular weight excluding hydrogens is 735 g/mol. The largest absolute Gasteiger partial charge is 0.485 e. The first-order valence-corrected chi connectivity index (χ1v) is 16.4. The molecule has 4 aromatic rings. The van der Waals surface area contributed by atoms with Gasteiger partial charge in [-0.2, -0.15) is 0 Å². The Morgan fingerprint density at radius 3 is 1.50 bits per heavy atom. The normalized spacial score (nSPS) is 15.2. The molecule has 0 aliphatic carbocycles. The summed E-state index contributed by atoms with van der Waals surface area (Å²) in [5.41, 5.74) is -1.73. The smallest absolute Gasteiger partial charge is 0.475 e. The third-order valence-corrected chi connectivity index (χ3v) is 8.71. The molecule has 4 aromatic carbocycles. The highest BCUT2D eigenvalue weighted by molar-refractivity contribution is 7.48. The number of hydrogen-bond donors (Lipinski definition) is 1. The van der Waals surface area contributed by atoms with Gasteiger partial charge in [0.15, 0.2) is 58.4 Å². The van der Waals surface area contributed by atoms with Crippen LogP contribution >= 0.6 is 7.82 Å². The van der Waals surface area contributed by atoms with Crippen LogP contribution in [0.5, 0.6) is 0 Å². The second kappa shape index (κ2) is 16.7. The van der Waals surface area contributed by atoms with Crippen molar-refractivity contribution in [3.63, 3.8) is 0 Å². The zero-order valence-corrected chi connectivity index (χ0v) is 27.2. The van der Waals surface area contributed by atoms with Crippen molar-refractivity contribution in [1.29, 1.82) is 0 Å². The lowest BCUT2D eigenvalue weighted by atomic mass is 10.1. The van der Waals surface area contributed by atoms with E-state index in [4.69, 9.17) is 27.8 Å². The summed E-state index contributed by atoms with van der Waals surface area (Å²) in [6.07, 6.45) is -4.10. The lowest BCUT2D eigenvalue weighted by Crippen LogP contribution is -2.35. The van der Waals surface area contributed by atoms with Crippen LogP contribution in [-0.4, -0.2) is 29.9 Å². The Morgan fingerprint density at radius 2 is 1.08 bits per heavy atom. The summed E-state index contributed by atoms with van der Waals surface area (Å²) in [6.45, 7) is -4.79. The van der Waals surface area contributed by atoms with Crippen LogP contribution in [-0.2, 0) is 63.6 Å². The summed E-state index contributed by atoms with van der Waals surface area (Å²) in [5.74, 6) is -18.7. The number of carbonyl (C=O) groups is 1. The number of aliphatic hydroxyl groups is 1. The highest BCUT2D eigenvalue weighted by Crippen LogP contribution is 2.53. The topological polar surface area (TPSA) is 110 Å². The van der Waals surface area contributed by atoms with Crippen LogP contribution in [0.3, 0.4) is 0 Å². The van der Waals surface area contributed by atoms with E-state index in [1.165, 1.54) is 0 Å². The van der Waals surface area contributed by atoms with Gasteiger partial charge >= 0.3 is 13.8 Å². The summed E-state index contributed by atoms with van der Waals surface area (Å²) in [6, 6.07) is 16.2. The van der Waals surface area contributed by atoms with Gasteiger partial charge in [-0.25, -0.2) is 44.5 Å². The van der Waals surface area contributed by atoms with Crippen molar-refractivity contribution < 1.29 is 77.4 Å². The van der Waals surface area contributed by atoms with Crippen LogP contribution in [0.25, 0.3) is 0 Å². The van der Waals surface area contributed by atoms with Crippen molar-refractivity contribution in [2.24, 2.45) is 0 Å². The number of cyclic esters (lactones) is 1. The van der Waals surface area contributed by atoms with Crippen LogP contribution < -0.4 is 0 Å². The Labute approximate surface area is 289 Å². The molecule has 0 saturated heterocycles. The highest BCUT2D eigenvalue weighted by atomic mass is 31.2. The van der Waals surface area contributed by atoms with Crippen LogP contribution in [0.1, 0.15) is 22.3 Å². The molecule has 52 heavy (non-hydrogen) atoms. The molecule has 2 atom stereocenters. The van der Waals surface area contributed by atoms with E-state index in [9.17, 15) is 49.6 Å². The van der Waals surface area contributed by atoms with Crippen LogP contribution in [0.2, 0.25) is 0 Å². The minimum Gasteiger partial charge on any atom is -0.485 e. The lowest BCUT2D eigenvalue weighted by Gasteiger charge is -2.27. The van der Waals surface area contributed by atoms with Gasteiger partial charge in [0, 0.05) is 12.1 Å². The van der Waals surface area contributed by atoms with E-state index >= 15 is 0 Å². The number of halogens is 8. The van der Waals surface area contributed by atoms with Crippen LogP contribution in [0, 0.1) is 46.5 Å². The first-order valence-electron chi connectivity index (χ1n) is 14.9. The number of carbonyl (C=O) groups excluding carboxylic acids is 1. The van der Waals surface area contributed by atoms with Crippen molar-refractivity contribution in [3.8, 4) is 0 Å². The average Bonchev–Trinajstić information content (AvgIpc) is 3.45. The van der Waals surface area contributed by atoms with Gasteiger partial charge in [-0.05, 0) is 11.1 Å². The molecule has 0 unspecified atom stereocenters. The maximum absolute atomic E-state index is 14.5. The summed E-state index contributed by atoms with van der Waals surface area (Å²) in [5, 5.41) is 10.3. The Hall–Kier alpha value is -4.80. The van der Waals surface area contributed by atoms with Gasteiger partial charge in [0.1, 0.15) is 19.3 Å². The van der Waals surface area contributed by atoms with Crippen molar-refractivity contribution in [3.05, 3.63) is 153 Å². The number of phosphoric acid groups is 1. The second-order valence-corrected chi connectivity index (χ2v) is 12.4. The fourth-order valence-corrected chi connectivity index (χ4v) is 5.99. The van der Waals surface area contributed by atoms with Gasteiger partial charge in [0.05, 0.1) is 30.9 Å². The third kappa shape index (κ3) is 8.80.